The zero-order chi connectivity index (χ0) is 13.7. The molecule has 0 spiro atoms. The summed E-state index contributed by atoms with van der Waals surface area (Å²) < 4.78 is 4.50. The number of aromatic nitrogens is 2. The third-order valence-electron chi connectivity index (χ3n) is 2.93. The van der Waals surface area contributed by atoms with Crippen LogP contribution in [-0.4, -0.2) is 23.2 Å². The lowest BCUT2D eigenvalue weighted by Gasteiger charge is -2.09. The molecule has 5 heteroatoms. The Balaban J connectivity index is 1.98. The van der Waals surface area contributed by atoms with Crippen LogP contribution in [0.25, 0.3) is 0 Å². The highest BCUT2D eigenvalue weighted by Gasteiger charge is 2.09. The second-order valence-electron chi connectivity index (χ2n) is 4.39. The first-order valence-electron chi connectivity index (χ1n) is 6.13. The number of carbonyl (C=O) groups excluding carboxylic acids is 1. The van der Waals surface area contributed by atoms with Crippen LogP contribution in [0, 0.1) is 0 Å². The summed E-state index contributed by atoms with van der Waals surface area (Å²) in [6.07, 6.45) is 2.03. The SMILES string of the molecule is COC(=O)Nc1ncc(CC(C)c2ccccc2)[nH]1. The average Bonchev–Trinajstić information content (AvgIpc) is 2.86. The molecule has 2 rings (SSSR count). The van der Waals surface area contributed by atoms with E-state index in [4.69, 9.17) is 0 Å². The summed E-state index contributed by atoms with van der Waals surface area (Å²) in [5.74, 6) is 0.787. The normalized spacial score (nSPS) is 11.9. The molecule has 1 heterocycles. The van der Waals surface area contributed by atoms with Gasteiger partial charge in [-0.25, -0.2) is 9.78 Å². The summed E-state index contributed by atoms with van der Waals surface area (Å²) >= 11 is 0. The number of carbonyl (C=O) groups is 1. The van der Waals surface area contributed by atoms with E-state index in [1.54, 1.807) is 6.20 Å². The number of aromatic amines is 1. The van der Waals surface area contributed by atoms with Gasteiger partial charge in [-0.15, -0.1) is 0 Å². The summed E-state index contributed by atoms with van der Waals surface area (Å²) in [5, 5.41) is 2.50. The van der Waals surface area contributed by atoms with Crippen LogP contribution in [0.15, 0.2) is 36.5 Å². The maximum Gasteiger partial charge on any atom is 0.413 e. The van der Waals surface area contributed by atoms with Gasteiger partial charge in [-0.3, -0.25) is 5.32 Å². The number of ether oxygens (including phenoxy) is 1. The van der Waals surface area contributed by atoms with Crippen molar-refractivity contribution in [1.82, 2.24) is 9.97 Å². The van der Waals surface area contributed by atoms with Gasteiger partial charge >= 0.3 is 6.09 Å². The lowest BCUT2D eigenvalue weighted by molar-refractivity contribution is 0.186. The minimum Gasteiger partial charge on any atom is -0.453 e. The van der Waals surface area contributed by atoms with E-state index in [0.717, 1.165) is 12.1 Å². The number of methoxy groups -OCH3 is 1. The molecule has 0 aliphatic heterocycles. The number of rotatable bonds is 4. The molecule has 0 aliphatic rings. The Labute approximate surface area is 112 Å². The molecule has 1 aromatic heterocycles. The lowest BCUT2D eigenvalue weighted by atomic mass is 9.97. The monoisotopic (exact) mass is 259 g/mol. The van der Waals surface area contributed by atoms with Gasteiger partial charge in [-0.1, -0.05) is 37.3 Å². The van der Waals surface area contributed by atoms with Crippen LogP contribution in [0.2, 0.25) is 0 Å². The number of amides is 1. The molecule has 1 amide bonds. The summed E-state index contributed by atoms with van der Waals surface area (Å²) in [5.41, 5.74) is 2.25. The van der Waals surface area contributed by atoms with Crippen molar-refractivity contribution in [3.05, 3.63) is 47.8 Å². The molecule has 5 nitrogen and oxygen atoms in total. The van der Waals surface area contributed by atoms with Gasteiger partial charge in [0.05, 0.1) is 13.3 Å². The number of hydrogen-bond donors (Lipinski definition) is 2. The summed E-state index contributed by atoms with van der Waals surface area (Å²) in [6, 6.07) is 10.3. The lowest BCUT2D eigenvalue weighted by Crippen LogP contribution is -2.12. The number of imidazole rings is 1. The van der Waals surface area contributed by atoms with Gasteiger partial charge in [0.25, 0.3) is 0 Å². The van der Waals surface area contributed by atoms with Crippen LogP contribution >= 0.6 is 0 Å². The van der Waals surface area contributed by atoms with Crippen molar-refractivity contribution in [2.75, 3.05) is 12.4 Å². The van der Waals surface area contributed by atoms with Gasteiger partial charge in [0, 0.05) is 5.69 Å². The van der Waals surface area contributed by atoms with Crippen molar-refractivity contribution in [2.24, 2.45) is 0 Å². The number of anilines is 1. The second kappa shape index (κ2) is 6.04. The van der Waals surface area contributed by atoms with Crippen LogP contribution in [0.3, 0.4) is 0 Å². The molecular formula is C14H17N3O2. The number of nitrogens with zero attached hydrogens (tertiary/aromatic N) is 1. The van der Waals surface area contributed by atoms with Gasteiger partial charge in [0.1, 0.15) is 0 Å². The maximum absolute atomic E-state index is 11.0. The van der Waals surface area contributed by atoms with E-state index in [-0.39, 0.29) is 0 Å². The highest BCUT2D eigenvalue weighted by Crippen LogP contribution is 2.19. The molecule has 0 bridgehead atoms. The zero-order valence-corrected chi connectivity index (χ0v) is 11.0. The average molecular weight is 259 g/mol. The van der Waals surface area contributed by atoms with E-state index in [0.29, 0.717) is 11.9 Å². The third-order valence-corrected chi connectivity index (χ3v) is 2.93. The fraction of sp³-hybridized carbons (Fsp3) is 0.286. The van der Waals surface area contributed by atoms with E-state index < -0.39 is 6.09 Å². The van der Waals surface area contributed by atoms with Crippen LogP contribution in [0.4, 0.5) is 10.7 Å². The molecule has 100 valence electrons. The van der Waals surface area contributed by atoms with Gasteiger partial charge in [0.2, 0.25) is 5.95 Å². The smallest absolute Gasteiger partial charge is 0.413 e. The molecule has 19 heavy (non-hydrogen) atoms. The predicted octanol–water partition coefficient (Wildman–Crippen LogP) is 2.93. The fourth-order valence-corrected chi connectivity index (χ4v) is 1.90. The molecule has 0 aliphatic carbocycles. The second-order valence-corrected chi connectivity index (χ2v) is 4.39. The summed E-state index contributed by atoms with van der Waals surface area (Å²) in [6.45, 7) is 2.16. The number of H-pyrrole nitrogens is 1. The first kappa shape index (κ1) is 13.1. The van der Waals surface area contributed by atoms with Gasteiger partial charge < -0.3 is 9.72 Å². The largest absolute Gasteiger partial charge is 0.453 e. The first-order valence-corrected chi connectivity index (χ1v) is 6.13. The standard InChI is InChI=1S/C14H17N3O2/c1-10(11-6-4-3-5-7-11)8-12-9-15-13(16-12)17-14(18)19-2/h3-7,9-10H,8H2,1-2H3,(H2,15,16,17,18). The maximum atomic E-state index is 11.0. The topological polar surface area (TPSA) is 67.0 Å². The first-order chi connectivity index (χ1) is 9.19. The third kappa shape index (κ3) is 3.58. The summed E-state index contributed by atoms with van der Waals surface area (Å²) in [4.78, 5) is 18.2. The predicted molar refractivity (Wildman–Crippen MR) is 73.2 cm³/mol. The Bertz CT molecular complexity index is 537. The minimum absolute atomic E-state index is 0.382. The molecular weight excluding hydrogens is 242 g/mol. The van der Waals surface area contributed by atoms with E-state index in [2.05, 4.69) is 39.1 Å². The van der Waals surface area contributed by atoms with Gasteiger partial charge in [-0.2, -0.15) is 0 Å². The van der Waals surface area contributed by atoms with Crippen LogP contribution in [0.5, 0.6) is 0 Å². The van der Waals surface area contributed by atoms with Crippen LogP contribution in [0.1, 0.15) is 24.1 Å². The van der Waals surface area contributed by atoms with E-state index in [9.17, 15) is 4.79 Å². The van der Waals surface area contributed by atoms with E-state index in [1.807, 2.05) is 18.2 Å². The summed E-state index contributed by atoms with van der Waals surface area (Å²) in [7, 11) is 1.32. The quantitative estimate of drug-likeness (QED) is 0.887. The molecule has 1 atom stereocenters. The Kier molecular flexibility index (Phi) is 4.18. The van der Waals surface area contributed by atoms with Crippen LogP contribution < -0.4 is 5.32 Å². The Hall–Kier alpha value is -2.30. The van der Waals surface area contributed by atoms with Crippen molar-refractivity contribution in [1.29, 1.82) is 0 Å². The molecule has 2 N–H and O–H groups in total. The van der Waals surface area contributed by atoms with Crippen molar-refractivity contribution in [3.8, 4) is 0 Å². The van der Waals surface area contributed by atoms with Crippen LogP contribution in [-0.2, 0) is 11.2 Å². The zero-order valence-electron chi connectivity index (χ0n) is 11.0. The van der Waals surface area contributed by atoms with Crippen molar-refractivity contribution >= 4 is 12.0 Å². The Morgan fingerprint density at radius 2 is 2.16 bits per heavy atom. The number of benzene rings is 1. The number of nitrogens with one attached hydrogen (secondary N) is 2. The van der Waals surface area contributed by atoms with Crippen molar-refractivity contribution in [3.63, 3.8) is 0 Å². The molecule has 0 saturated carbocycles. The molecule has 0 radical (unpaired) electrons. The minimum atomic E-state index is -0.531. The van der Waals surface area contributed by atoms with E-state index >= 15 is 0 Å². The van der Waals surface area contributed by atoms with Gasteiger partial charge in [0.15, 0.2) is 0 Å². The van der Waals surface area contributed by atoms with E-state index in [1.165, 1.54) is 12.7 Å². The molecule has 2 aromatic rings. The number of hydrogen-bond acceptors (Lipinski definition) is 3. The molecule has 0 saturated heterocycles. The Morgan fingerprint density at radius 3 is 2.84 bits per heavy atom. The van der Waals surface area contributed by atoms with Crippen molar-refractivity contribution < 1.29 is 9.53 Å². The van der Waals surface area contributed by atoms with Crippen molar-refractivity contribution in [2.45, 2.75) is 19.3 Å². The Morgan fingerprint density at radius 1 is 1.42 bits per heavy atom. The fourth-order valence-electron chi connectivity index (χ4n) is 1.90. The molecule has 0 fully saturated rings. The van der Waals surface area contributed by atoms with Gasteiger partial charge in [-0.05, 0) is 17.9 Å². The molecule has 1 aromatic carbocycles. The molecule has 1 unspecified atom stereocenters. The highest BCUT2D eigenvalue weighted by atomic mass is 16.5. The highest BCUT2D eigenvalue weighted by molar-refractivity contribution is 5.82.